The van der Waals surface area contributed by atoms with E-state index in [1.54, 1.807) is 0 Å². The molecule has 0 spiro atoms. The number of fused-ring (bicyclic) bond motifs is 1. The molecule has 0 amide bonds. The molecule has 0 heterocycles. The molecule has 0 saturated heterocycles. The van der Waals surface area contributed by atoms with Gasteiger partial charge in [0.15, 0.2) is 0 Å². The van der Waals surface area contributed by atoms with Gasteiger partial charge in [-0.25, -0.2) is 0 Å². The Morgan fingerprint density at radius 1 is 0.789 bits per heavy atom. The van der Waals surface area contributed by atoms with Crippen LogP contribution < -0.4 is 0 Å². The van der Waals surface area contributed by atoms with Crippen LogP contribution in [-0.4, -0.2) is 0 Å². The van der Waals surface area contributed by atoms with Crippen molar-refractivity contribution in [2.75, 3.05) is 0 Å². The third-order valence-electron chi connectivity index (χ3n) is 3.24. The van der Waals surface area contributed by atoms with Gasteiger partial charge in [-0.15, -0.1) is 11.8 Å². The number of aryl methyl sites for hydroxylation is 1. The summed E-state index contributed by atoms with van der Waals surface area (Å²) in [4.78, 5) is 1.33. The SMILES string of the molecule is Cc1ccc(SCc2ccc3ccccc3c2)cc1. The van der Waals surface area contributed by atoms with Gasteiger partial charge in [0, 0.05) is 10.6 Å². The predicted molar refractivity (Wildman–Crippen MR) is 84.7 cm³/mol. The van der Waals surface area contributed by atoms with Crippen LogP contribution in [0.1, 0.15) is 11.1 Å². The first kappa shape index (κ1) is 12.3. The maximum Gasteiger partial charge on any atom is 0.0232 e. The molecule has 3 aromatic carbocycles. The van der Waals surface area contributed by atoms with Gasteiger partial charge in [-0.05, 0) is 35.4 Å². The number of rotatable bonds is 3. The molecule has 1 heteroatoms. The van der Waals surface area contributed by atoms with Crippen molar-refractivity contribution in [1.82, 2.24) is 0 Å². The van der Waals surface area contributed by atoms with E-state index in [9.17, 15) is 0 Å². The first-order chi connectivity index (χ1) is 9.31. The van der Waals surface area contributed by atoms with Crippen LogP contribution in [-0.2, 0) is 5.75 Å². The van der Waals surface area contributed by atoms with Crippen molar-refractivity contribution < 1.29 is 0 Å². The Morgan fingerprint density at radius 3 is 2.32 bits per heavy atom. The van der Waals surface area contributed by atoms with E-state index in [-0.39, 0.29) is 0 Å². The summed E-state index contributed by atoms with van der Waals surface area (Å²) in [6, 6.07) is 24.0. The molecular weight excluding hydrogens is 248 g/mol. The predicted octanol–water partition coefficient (Wildman–Crippen LogP) is 5.44. The van der Waals surface area contributed by atoms with Gasteiger partial charge in [0.05, 0.1) is 0 Å². The van der Waals surface area contributed by atoms with Crippen molar-refractivity contribution in [3.63, 3.8) is 0 Å². The van der Waals surface area contributed by atoms with E-state index in [1.165, 1.54) is 26.8 Å². The highest BCUT2D eigenvalue weighted by Crippen LogP contribution is 2.25. The van der Waals surface area contributed by atoms with Gasteiger partial charge in [0.2, 0.25) is 0 Å². The van der Waals surface area contributed by atoms with Gasteiger partial charge in [0.25, 0.3) is 0 Å². The van der Waals surface area contributed by atoms with Gasteiger partial charge >= 0.3 is 0 Å². The molecule has 3 rings (SSSR count). The number of hydrogen-bond donors (Lipinski definition) is 0. The van der Waals surface area contributed by atoms with Crippen molar-refractivity contribution in [3.05, 3.63) is 77.9 Å². The van der Waals surface area contributed by atoms with Crippen molar-refractivity contribution >= 4 is 22.5 Å². The molecule has 19 heavy (non-hydrogen) atoms. The normalized spacial score (nSPS) is 10.8. The van der Waals surface area contributed by atoms with E-state index in [0.29, 0.717) is 0 Å². The van der Waals surface area contributed by atoms with Crippen LogP contribution in [0.2, 0.25) is 0 Å². The van der Waals surface area contributed by atoms with E-state index in [1.807, 2.05) is 11.8 Å². The summed E-state index contributed by atoms with van der Waals surface area (Å²) in [7, 11) is 0. The average Bonchev–Trinajstić information content (AvgIpc) is 2.46. The van der Waals surface area contributed by atoms with Gasteiger partial charge < -0.3 is 0 Å². The number of hydrogen-bond acceptors (Lipinski definition) is 1. The fraction of sp³-hybridized carbons (Fsp3) is 0.111. The summed E-state index contributed by atoms with van der Waals surface area (Å²) < 4.78 is 0. The molecule has 0 fully saturated rings. The third-order valence-corrected chi connectivity index (χ3v) is 4.32. The van der Waals surface area contributed by atoms with Gasteiger partial charge in [-0.3, -0.25) is 0 Å². The lowest BCUT2D eigenvalue weighted by atomic mass is 10.1. The Kier molecular flexibility index (Phi) is 3.56. The van der Waals surface area contributed by atoms with E-state index in [4.69, 9.17) is 0 Å². The van der Waals surface area contributed by atoms with Crippen molar-refractivity contribution in [2.24, 2.45) is 0 Å². The first-order valence-corrected chi connectivity index (χ1v) is 7.47. The summed E-state index contributed by atoms with van der Waals surface area (Å²) in [5.41, 5.74) is 2.69. The Hall–Kier alpha value is -1.73. The monoisotopic (exact) mass is 264 g/mol. The highest BCUT2D eigenvalue weighted by atomic mass is 32.2. The Bertz CT molecular complexity index is 683. The zero-order valence-electron chi connectivity index (χ0n) is 11.0. The second-order valence-electron chi connectivity index (χ2n) is 4.78. The molecule has 0 unspecified atom stereocenters. The van der Waals surface area contributed by atoms with Crippen LogP contribution in [0.15, 0.2) is 71.6 Å². The highest BCUT2D eigenvalue weighted by molar-refractivity contribution is 7.98. The van der Waals surface area contributed by atoms with Crippen LogP contribution in [0, 0.1) is 6.92 Å². The molecule has 0 aliphatic carbocycles. The molecule has 0 radical (unpaired) electrons. The zero-order chi connectivity index (χ0) is 13.1. The second kappa shape index (κ2) is 5.50. The maximum atomic E-state index is 2.29. The summed E-state index contributed by atoms with van der Waals surface area (Å²) in [6.07, 6.45) is 0. The lowest BCUT2D eigenvalue weighted by molar-refractivity contribution is 1.36. The molecular formula is C18H16S. The smallest absolute Gasteiger partial charge is 0.0232 e. The fourth-order valence-corrected chi connectivity index (χ4v) is 2.97. The molecule has 0 aromatic heterocycles. The average molecular weight is 264 g/mol. The molecule has 0 atom stereocenters. The summed E-state index contributed by atoms with van der Waals surface area (Å²) in [5, 5.41) is 2.64. The Labute approximate surface area is 118 Å². The minimum atomic E-state index is 1.02. The molecule has 0 saturated carbocycles. The number of benzene rings is 3. The highest BCUT2D eigenvalue weighted by Gasteiger charge is 1.98. The van der Waals surface area contributed by atoms with Crippen LogP contribution in [0.25, 0.3) is 10.8 Å². The molecule has 0 N–H and O–H groups in total. The van der Waals surface area contributed by atoms with Gasteiger partial charge in [-0.2, -0.15) is 0 Å². The Balaban J connectivity index is 1.76. The van der Waals surface area contributed by atoms with E-state index >= 15 is 0 Å². The molecule has 0 bridgehead atoms. The molecule has 0 aliphatic heterocycles. The van der Waals surface area contributed by atoms with Crippen LogP contribution >= 0.6 is 11.8 Å². The van der Waals surface area contributed by atoms with Crippen molar-refractivity contribution in [1.29, 1.82) is 0 Å². The van der Waals surface area contributed by atoms with Gasteiger partial charge in [-0.1, -0.05) is 60.2 Å². The van der Waals surface area contributed by atoms with Crippen LogP contribution in [0.5, 0.6) is 0 Å². The summed E-state index contributed by atoms with van der Waals surface area (Å²) >= 11 is 1.89. The lowest BCUT2D eigenvalue weighted by Gasteiger charge is -2.04. The third kappa shape index (κ3) is 2.99. The van der Waals surface area contributed by atoms with Crippen molar-refractivity contribution in [2.45, 2.75) is 17.6 Å². The molecule has 94 valence electrons. The minimum absolute atomic E-state index is 1.02. The largest absolute Gasteiger partial charge is 0.121 e. The Morgan fingerprint density at radius 2 is 1.53 bits per heavy atom. The summed E-state index contributed by atoms with van der Waals surface area (Å²) in [5.74, 6) is 1.02. The molecule has 0 nitrogen and oxygen atoms in total. The fourth-order valence-electron chi connectivity index (χ4n) is 2.13. The van der Waals surface area contributed by atoms with Crippen LogP contribution in [0.3, 0.4) is 0 Å². The number of thioether (sulfide) groups is 1. The second-order valence-corrected chi connectivity index (χ2v) is 5.83. The zero-order valence-corrected chi connectivity index (χ0v) is 11.8. The lowest BCUT2D eigenvalue weighted by Crippen LogP contribution is -1.82. The van der Waals surface area contributed by atoms with E-state index < -0.39 is 0 Å². The van der Waals surface area contributed by atoms with Crippen LogP contribution in [0.4, 0.5) is 0 Å². The van der Waals surface area contributed by atoms with Crippen molar-refractivity contribution in [3.8, 4) is 0 Å². The maximum absolute atomic E-state index is 2.29. The minimum Gasteiger partial charge on any atom is -0.121 e. The molecule has 3 aromatic rings. The topological polar surface area (TPSA) is 0 Å². The standard InChI is InChI=1S/C18H16S/c1-14-6-10-18(11-7-14)19-13-15-8-9-16-4-2-3-5-17(16)12-15/h2-12H,13H2,1H3. The van der Waals surface area contributed by atoms with E-state index in [2.05, 4.69) is 73.7 Å². The molecule has 0 aliphatic rings. The first-order valence-electron chi connectivity index (χ1n) is 6.48. The summed E-state index contributed by atoms with van der Waals surface area (Å²) in [6.45, 7) is 2.12. The van der Waals surface area contributed by atoms with Gasteiger partial charge in [0.1, 0.15) is 0 Å². The van der Waals surface area contributed by atoms with E-state index in [0.717, 1.165) is 5.75 Å². The quantitative estimate of drug-likeness (QED) is 0.567.